The summed E-state index contributed by atoms with van der Waals surface area (Å²) in [5.74, 6) is -0.243. The van der Waals surface area contributed by atoms with Gasteiger partial charge in [-0.2, -0.15) is 0 Å². The average molecular weight is 242 g/mol. The van der Waals surface area contributed by atoms with Crippen molar-refractivity contribution >= 4 is 12.4 Å². The first kappa shape index (κ1) is 14.1. The number of alkyl halides is 3. The highest BCUT2D eigenvalue weighted by Crippen LogP contribution is 2.24. The van der Waals surface area contributed by atoms with Gasteiger partial charge in [0.1, 0.15) is 5.75 Å². The molecule has 0 saturated carbocycles. The first-order valence-corrected chi connectivity index (χ1v) is 4.00. The fraction of sp³-hybridized carbons (Fsp3) is 0.333. The second-order valence-electron chi connectivity index (χ2n) is 2.91. The first-order chi connectivity index (χ1) is 6.38. The van der Waals surface area contributed by atoms with Crippen molar-refractivity contribution in [2.45, 2.75) is 19.3 Å². The molecule has 0 unspecified atom stereocenters. The third kappa shape index (κ3) is 4.90. The standard InChI is InChI=1S/C9H10F3NO.ClH/c1-6(13)7-3-2-4-8(5-7)14-9(10,11)12;/h2-6H,13H2,1H3;1H/t6-;/m1./s1. The molecule has 0 aliphatic carbocycles. The van der Waals surface area contributed by atoms with Crippen LogP contribution in [0.4, 0.5) is 13.2 Å². The van der Waals surface area contributed by atoms with E-state index in [1.54, 1.807) is 13.0 Å². The van der Waals surface area contributed by atoms with Crippen LogP contribution in [-0.4, -0.2) is 6.36 Å². The quantitative estimate of drug-likeness (QED) is 0.864. The van der Waals surface area contributed by atoms with Gasteiger partial charge in [0, 0.05) is 6.04 Å². The van der Waals surface area contributed by atoms with Crippen LogP contribution in [0.15, 0.2) is 24.3 Å². The molecule has 0 spiro atoms. The average Bonchev–Trinajstić information content (AvgIpc) is 2.01. The van der Waals surface area contributed by atoms with E-state index in [2.05, 4.69) is 4.74 Å². The number of benzene rings is 1. The molecule has 1 aromatic rings. The van der Waals surface area contributed by atoms with Crippen molar-refractivity contribution in [3.63, 3.8) is 0 Å². The molecule has 0 bridgehead atoms. The number of halogens is 4. The Morgan fingerprint density at radius 1 is 1.33 bits per heavy atom. The van der Waals surface area contributed by atoms with Crippen molar-refractivity contribution in [1.82, 2.24) is 0 Å². The second-order valence-corrected chi connectivity index (χ2v) is 2.91. The van der Waals surface area contributed by atoms with Gasteiger partial charge in [0.25, 0.3) is 0 Å². The Balaban J connectivity index is 0.00000196. The summed E-state index contributed by atoms with van der Waals surface area (Å²) < 4.78 is 39.2. The highest BCUT2D eigenvalue weighted by molar-refractivity contribution is 5.85. The minimum atomic E-state index is -4.66. The molecule has 0 radical (unpaired) electrons. The SMILES string of the molecule is C[C@@H](N)c1cccc(OC(F)(F)F)c1.Cl. The van der Waals surface area contributed by atoms with Gasteiger partial charge in [-0.05, 0) is 24.6 Å². The monoisotopic (exact) mass is 241 g/mol. The van der Waals surface area contributed by atoms with Gasteiger partial charge in [0.2, 0.25) is 0 Å². The van der Waals surface area contributed by atoms with Crippen LogP contribution in [-0.2, 0) is 0 Å². The molecule has 1 aromatic carbocycles. The van der Waals surface area contributed by atoms with E-state index in [0.29, 0.717) is 5.56 Å². The highest BCUT2D eigenvalue weighted by Gasteiger charge is 2.31. The maximum absolute atomic E-state index is 11.8. The zero-order chi connectivity index (χ0) is 10.8. The summed E-state index contributed by atoms with van der Waals surface area (Å²) in [5, 5.41) is 0. The third-order valence-electron chi connectivity index (χ3n) is 1.62. The summed E-state index contributed by atoms with van der Waals surface area (Å²) in [4.78, 5) is 0. The van der Waals surface area contributed by atoms with Crippen LogP contribution in [0.25, 0.3) is 0 Å². The Morgan fingerprint density at radius 2 is 1.93 bits per heavy atom. The van der Waals surface area contributed by atoms with Crippen molar-refractivity contribution in [3.05, 3.63) is 29.8 Å². The van der Waals surface area contributed by atoms with Crippen LogP contribution >= 0.6 is 12.4 Å². The Bertz CT molecular complexity index is 314. The molecule has 0 aliphatic heterocycles. The highest BCUT2D eigenvalue weighted by atomic mass is 35.5. The van der Waals surface area contributed by atoms with Crippen molar-refractivity contribution in [3.8, 4) is 5.75 Å². The van der Waals surface area contributed by atoms with E-state index in [1.807, 2.05) is 0 Å². The van der Waals surface area contributed by atoms with E-state index in [4.69, 9.17) is 5.73 Å². The van der Waals surface area contributed by atoms with Crippen molar-refractivity contribution in [2.24, 2.45) is 5.73 Å². The summed E-state index contributed by atoms with van der Waals surface area (Å²) in [6.07, 6.45) is -4.66. The predicted molar refractivity (Wildman–Crippen MR) is 53.0 cm³/mol. The number of hydrogen-bond donors (Lipinski definition) is 1. The summed E-state index contributed by atoms with van der Waals surface area (Å²) in [5.41, 5.74) is 6.11. The maximum atomic E-state index is 11.8. The normalized spacial score (nSPS) is 12.9. The van der Waals surface area contributed by atoms with Crippen LogP contribution in [0.1, 0.15) is 18.5 Å². The molecule has 0 heterocycles. The number of ether oxygens (including phenoxy) is 1. The van der Waals surface area contributed by atoms with Crippen LogP contribution in [0.2, 0.25) is 0 Å². The Kier molecular flexibility index (Phi) is 4.90. The Labute approximate surface area is 91.6 Å². The molecular weight excluding hydrogens is 231 g/mol. The van der Waals surface area contributed by atoms with E-state index in [9.17, 15) is 13.2 Å². The van der Waals surface area contributed by atoms with Crippen LogP contribution in [0.5, 0.6) is 5.75 Å². The maximum Gasteiger partial charge on any atom is 0.573 e. The fourth-order valence-corrected chi connectivity index (χ4v) is 0.995. The Hall–Kier alpha value is -0.940. The lowest BCUT2D eigenvalue weighted by Crippen LogP contribution is -2.17. The zero-order valence-corrected chi connectivity index (χ0v) is 8.73. The zero-order valence-electron chi connectivity index (χ0n) is 7.91. The molecule has 1 rings (SSSR count). The van der Waals surface area contributed by atoms with Crippen LogP contribution < -0.4 is 10.5 Å². The van der Waals surface area contributed by atoms with Crippen molar-refractivity contribution < 1.29 is 17.9 Å². The van der Waals surface area contributed by atoms with Gasteiger partial charge in [0.05, 0.1) is 0 Å². The largest absolute Gasteiger partial charge is 0.573 e. The van der Waals surface area contributed by atoms with E-state index in [1.165, 1.54) is 18.2 Å². The van der Waals surface area contributed by atoms with Crippen molar-refractivity contribution in [1.29, 1.82) is 0 Å². The molecule has 0 fully saturated rings. The van der Waals surface area contributed by atoms with Gasteiger partial charge >= 0.3 is 6.36 Å². The summed E-state index contributed by atoms with van der Waals surface area (Å²) in [6.45, 7) is 1.69. The molecule has 0 aromatic heterocycles. The smallest absolute Gasteiger partial charge is 0.406 e. The molecule has 6 heteroatoms. The number of nitrogens with two attached hydrogens (primary N) is 1. The molecule has 15 heavy (non-hydrogen) atoms. The second kappa shape index (κ2) is 5.23. The predicted octanol–water partition coefficient (Wildman–Crippen LogP) is 3.03. The van der Waals surface area contributed by atoms with Gasteiger partial charge in [-0.3, -0.25) is 0 Å². The molecule has 2 N–H and O–H groups in total. The molecular formula is C9H11ClF3NO. The van der Waals surface area contributed by atoms with Gasteiger partial charge in [-0.25, -0.2) is 0 Å². The van der Waals surface area contributed by atoms with Crippen molar-refractivity contribution in [2.75, 3.05) is 0 Å². The summed E-state index contributed by atoms with van der Waals surface area (Å²) in [7, 11) is 0. The van der Waals surface area contributed by atoms with Crippen LogP contribution in [0, 0.1) is 0 Å². The van der Waals surface area contributed by atoms with Gasteiger partial charge in [-0.15, -0.1) is 25.6 Å². The molecule has 0 saturated heterocycles. The molecule has 2 nitrogen and oxygen atoms in total. The van der Waals surface area contributed by atoms with Gasteiger partial charge in [-0.1, -0.05) is 12.1 Å². The molecule has 86 valence electrons. The Morgan fingerprint density at radius 3 is 2.40 bits per heavy atom. The summed E-state index contributed by atoms with van der Waals surface area (Å²) in [6, 6.07) is 5.32. The molecule has 0 amide bonds. The fourth-order valence-electron chi connectivity index (χ4n) is 0.995. The third-order valence-corrected chi connectivity index (χ3v) is 1.62. The van der Waals surface area contributed by atoms with Gasteiger partial charge < -0.3 is 10.5 Å². The van der Waals surface area contributed by atoms with E-state index < -0.39 is 6.36 Å². The van der Waals surface area contributed by atoms with E-state index >= 15 is 0 Å². The van der Waals surface area contributed by atoms with E-state index in [0.717, 1.165) is 0 Å². The minimum Gasteiger partial charge on any atom is -0.406 e. The lowest BCUT2D eigenvalue weighted by atomic mass is 10.1. The first-order valence-electron chi connectivity index (χ1n) is 4.00. The minimum absolute atomic E-state index is 0. The number of rotatable bonds is 2. The van der Waals surface area contributed by atoms with E-state index in [-0.39, 0.29) is 24.2 Å². The number of hydrogen-bond acceptors (Lipinski definition) is 2. The summed E-state index contributed by atoms with van der Waals surface area (Å²) >= 11 is 0. The lowest BCUT2D eigenvalue weighted by molar-refractivity contribution is -0.274. The van der Waals surface area contributed by atoms with Crippen LogP contribution in [0.3, 0.4) is 0 Å². The topological polar surface area (TPSA) is 35.2 Å². The lowest BCUT2D eigenvalue weighted by Gasteiger charge is -2.11. The molecule has 1 atom stereocenters. The molecule has 0 aliphatic rings. The van der Waals surface area contributed by atoms with Gasteiger partial charge in [0.15, 0.2) is 0 Å².